The molecule has 4 nitrogen and oxygen atoms in total. The van der Waals surface area contributed by atoms with Crippen LogP contribution in [0.5, 0.6) is 0 Å². The maximum atomic E-state index is 11.7. The summed E-state index contributed by atoms with van der Waals surface area (Å²) in [6, 6.07) is 10.6. The highest BCUT2D eigenvalue weighted by Gasteiger charge is 2.21. The fraction of sp³-hybridized carbons (Fsp3) is 0.526. The van der Waals surface area contributed by atoms with Crippen molar-refractivity contribution in [2.45, 2.75) is 19.4 Å². The molecule has 0 atom stereocenters. The van der Waals surface area contributed by atoms with Crippen LogP contribution in [0.25, 0.3) is 0 Å². The van der Waals surface area contributed by atoms with E-state index in [-0.39, 0.29) is 5.91 Å². The van der Waals surface area contributed by atoms with Gasteiger partial charge in [-0.05, 0) is 44.5 Å². The first-order chi connectivity index (χ1) is 11.2. The molecule has 1 fully saturated rings. The number of hydrogen-bond acceptors (Lipinski definition) is 3. The summed E-state index contributed by atoms with van der Waals surface area (Å²) >= 11 is 0. The number of likely N-dealkylation sites (tertiary alicyclic amines) is 1. The van der Waals surface area contributed by atoms with Gasteiger partial charge in [-0.2, -0.15) is 0 Å². The van der Waals surface area contributed by atoms with E-state index >= 15 is 0 Å². The van der Waals surface area contributed by atoms with Gasteiger partial charge in [0.2, 0.25) is 5.91 Å². The zero-order valence-corrected chi connectivity index (χ0v) is 14.2. The van der Waals surface area contributed by atoms with Crippen molar-refractivity contribution in [1.82, 2.24) is 15.1 Å². The van der Waals surface area contributed by atoms with Crippen LogP contribution in [0.1, 0.15) is 18.4 Å². The standard InChI is InChI=1S/C19H29N3O/c1-3-11-20-19(23)16-22-12-9-18(10-13-22)15-21(2)14-17-7-5-4-6-8-17/h3-8,18H,1,9-16H2,2H3,(H,20,23). The summed E-state index contributed by atoms with van der Waals surface area (Å²) < 4.78 is 0. The van der Waals surface area contributed by atoms with Gasteiger partial charge < -0.3 is 10.2 Å². The molecule has 1 aliphatic rings. The van der Waals surface area contributed by atoms with E-state index in [1.54, 1.807) is 6.08 Å². The maximum absolute atomic E-state index is 11.7. The van der Waals surface area contributed by atoms with Gasteiger partial charge in [0.1, 0.15) is 0 Å². The van der Waals surface area contributed by atoms with Gasteiger partial charge in [0.05, 0.1) is 6.54 Å². The zero-order valence-electron chi connectivity index (χ0n) is 14.2. The van der Waals surface area contributed by atoms with E-state index in [4.69, 9.17) is 0 Å². The predicted octanol–water partition coefficient (Wildman–Crippen LogP) is 2.13. The SMILES string of the molecule is C=CCNC(=O)CN1CCC(CN(C)Cc2ccccc2)CC1. The van der Waals surface area contributed by atoms with Gasteiger partial charge in [0.15, 0.2) is 0 Å². The summed E-state index contributed by atoms with van der Waals surface area (Å²) in [5, 5.41) is 2.84. The summed E-state index contributed by atoms with van der Waals surface area (Å²) in [5.41, 5.74) is 1.37. The third-order valence-electron chi connectivity index (χ3n) is 4.38. The number of benzene rings is 1. The topological polar surface area (TPSA) is 35.6 Å². The Labute approximate surface area is 140 Å². The normalized spacial score (nSPS) is 16.4. The second-order valence-corrected chi connectivity index (χ2v) is 6.49. The summed E-state index contributed by atoms with van der Waals surface area (Å²) in [6.07, 6.45) is 4.06. The molecular weight excluding hydrogens is 286 g/mol. The molecule has 1 aromatic rings. The Balaban J connectivity index is 1.66. The van der Waals surface area contributed by atoms with Crippen LogP contribution in [0.15, 0.2) is 43.0 Å². The van der Waals surface area contributed by atoms with Crippen LogP contribution in [0, 0.1) is 5.92 Å². The number of carbonyl (C=O) groups is 1. The Morgan fingerprint density at radius 2 is 2.04 bits per heavy atom. The first-order valence-electron chi connectivity index (χ1n) is 8.50. The van der Waals surface area contributed by atoms with E-state index in [0.29, 0.717) is 13.1 Å². The molecule has 0 unspecified atom stereocenters. The molecule has 1 saturated heterocycles. The van der Waals surface area contributed by atoms with Crippen molar-refractivity contribution in [3.05, 3.63) is 48.6 Å². The Bertz CT molecular complexity index is 481. The molecule has 23 heavy (non-hydrogen) atoms. The molecule has 1 aliphatic heterocycles. The van der Waals surface area contributed by atoms with E-state index in [0.717, 1.165) is 32.1 Å². The molecule has 0 bridgehead atoms. The highest BCUT2D eigenvalue weighted by molar-refractivity contribution is 5.78. The number of nitrogens with one attached hydrogen (secondary N) is 1. The third kappa shape index (κ3) is 6.55. The van der Waals surface area contributed by atoms with Gasteiger partial charge >= 0.3 is 0 Å². The van der Waals surface area contributed by atoms with Crippen molar-refractivity contribution in [2.75, 3.05) is 39.8 Å². The molecule has 1 amide bonds. The summed E-state index contributed by atoms with van der Waals surface area (Å²) in [6.45, 7) is 8.86. The lowest BCUT2D eigenvalue weighted by atomic mass is 9.96. The van der Waals surface area contributed by atoms with Crippen molar-refractivity contribution in [2.24, 2.45) is 5.92 Å². The van der Waals surface area contributed by atoms with Crippen LogP contribution in [0.2, 0.25) is 0 Å². The quantitative estimate of drug-likeness (QED) is 0.747. The van der Waals surface area contributed by atoms with E-state index < -0.39 is 0 Å². The molecule has 0 radical (unpaired) electrons. The van der Waals surface area contributed by atoms with Gasteiger partial charge in [-0.25, -0.2) is 0 Å². The largest absolute Gasteiger partial charge is 0.352 e. The minimum absolute atomic E-state index is 0.101. The van der Waals surface area contributed by atoms with Gasteiger partial charge in [-0.15, -0.1) is 6.58 Å². The number of piperidine rings is 1. The number of carbonyl (C=O) groups excluding carboxylic acids is 1. The smallest absolute Gasteiger partial charge is 0.234 e. The molecule has 4 heteroatoms. The van der Waals surface area contributed by atoms with E-state index in [1.807, 2.05) is 0 Å². The highest BCUT2D eigenvalue weighted by atomic mass is 16.2. The lowest BCUT2D eigenvalue weighted by Gasteiger charge is -2.33. The first-order valence-corrected chi connectivity index (χ1v) is 8.50. The Kier molecular flexibility index (Phi) is 7.30. The van der Waals surface area contributed by atoms with Crippen molar-refractivity contribution < 1.29 is 4.79 Å². The lowest BCUT2D eigenvalue weighted by Crippen LogP contribution is -2.43. The average Bonchev–Trinajstić information content (AvgIpc) is 2.55. The van der Waals surface area contributed by atoms with Crippen molar-refractivity contribution >= 4 is 5.91 Å². The first kappa shape index (κ1) is 17.7. The third-order valence-corrected chi connectivity index (χ3v) is 4.38. The summed E-state index contributed by atoms with van der Waals surface area (Å²) in [5.74, 6) is 0.834. The van der Waals surface area contributed by atoms with Gasteiger partial charge in [0.25, 0.3) is 0 Å². The zero-order chi connectivity index (χ0) is 16.5. The molecule has 126 valence electrons. The van der Waals surface area contributed by atoms with Crippen LogP contribution in [0.3, 0.4) is 0 Å². The minimum Gasteiger partial charge on any atom is -0.352 e. The van der Waals surface area contributed by atoms with Gasteiger partial charge in [-0.3, -0.25) is 9.69 Å². The fourth-order valence-corrected chi connectivity index (χ4v) is 3.17. The number of rotatable bonds is 8. The van der Waals surface area contributed by atoms with Gasteiger partial charge in [0, 0.05) is 19.6 Å². The van der Waals surface area contributed by atoms with Crippen LogP contribution in [-0.2, 0) is 11.3 Å². The second kappa shape index (κ2) is 9.48. The Morgan fingerprint density at radius 1 is 1.35 bits per heavy atom. The minimum atomic E-state index is 0.101. The average molecular weight is 315 g/mol. The summed E-state index contributed by atoms with van der Waals surface area (Å²) in [7, 11) is 2.20. The number of amides is 1. The van der Waals surface area contributed by atoms with E-state index in [1.165, 1.54) is 18.4 Å². The molecule has 0 aromatic heterocycles. The Morgan fingerprint density at radius 3 is 2.70 bits per heavy atom. The monoisotopic (exact) mass is 315 g/mol. The van der Waals surface area contributed by atoms with Crippen LogP contribution < -0.4 is 5.32 Å². The van der Waals surface area contributed by atoms with Crippen LogP contribution >= 0.6 is 0 Å². The second-order valence-electron chi connectivity index (χ2n) is 6.49. The molecule has 0 saturated carbocycles. The summed E-state index contributed by atoms with van der Waals surface area (Å²) in [4.78, 5) is 16.4. The van der Waals surface area contributed by atoms with Crippen LogP contribution in [-0.4, -0.2) is 55.5 Å². The molecular formula is C19H29N3O. The molecule has 1 N–H and O–H groups in total. The van der Waals surface area contributed by atoms with Crippen molar-refractivity contribution in [1.29, 1.82) is 0 Å². The maximum Gasteiger partial charge on any atom is 0.234 e. The lowest BCUT2D eigenvalue weighted by molar-refractivity contribution is -0.122. The fourth-order valence-electron chi connectivity index (χ4n) is 3.17. The highest BCUT2D eigenvalue weighted by Crippen LogP contribution is 2.18. The van der Waals surface area contributed by atoms with Crippen molar-refractivity contribution in [3.8, 4) is 0 Å². The number of hydrogen-bond donors (Lipinski definition) is 1. The van der Waals surface area contributed by atoms with E-state index in [9.17, 15) is 4.79 Å². The molecule has 1 aromatic carbocycles. The van der Waals surface area contributed by atoms with Gasteiger partial charge in [-0.1, -0.05) is 36.4 Å². The number of nitrogens with zero attached hydrogens (tertiary/aromatic N) is 2. The van der Waals surface area contributed by atoms with E-state index in [2.05, 4.69) is 59.1 Å². The predicted molar refractivity (Wildman–Crippen MR) is 95.1 cm³/mol. The van der Waals surface area contributed by atoms with Crippen molar-refractivity contribution in [3.63, 3.8) is 0 Å². The Hall–Kier alpha value is -1.65. The molecule has 1 heterocycles. The van der Waals surface area contributed by atoms with Crippen LogP contribution in [0.4, 0.5) is 0 Å². The molecule has 0 aliphatic carbocycles. The molecule has 0 spiro atoms. The molecule has 2 rings (SSSR count).